The van der Waals surface area contributed by atoms with Crippen LogP contribution in [0.25, 0.3) is 0 Å². The largest absolute Gasteiger partial charge is 0.386 e. The molecule has 2 N–H and O–H groups in total. The van der Waals surface area contributed by atoms with Crippen molar-refractivity contribution in [2.75, 3.05) is 0 Å². The fraction of sp³-hybridized carbons (Fsp3) is 0.562. The van der Waals surface area contributed by atoms with Crippen LogP contribution < -0.4 is 5.73 Å². The molecule has 0 amide bonds. The zero-order valence-electron chi connectivity index (χ0n) is 13.8. The molecule has 0 fully saturated rings. The monoisotopic (exact) mass is 273 g/mol. The lowest BCUT2D eigenvalue weighted by atomic mass is 9.53. The molecule has 4 heteroatoms. The van der Waals surface area contributed by atoms with Crippen LogP contribution in [0, 0.1) is 10.8 Å². The number of nitrogens with zero attached hydrogens (tertiary/aromatic N) is 2. The zero-order valence-corrected chi connectivity index (χ0v) is 13.8. The third kappa shape index (κ3) is 4.29. The highest BCUT2D eigenvalue weighted by atomic mass is 15.5. The fourth-order valence-electron chi connectivity index (χ4n) is 1.81. The third-order valence-electron chi connectivity index (χ3n) is 4.41. The number of hydrazone groups is 1. The molecule has 0 aromatic rings. The normalized spacial score (nSPS) is 17.3. The summed E-state index contributed by atoms with van der Waals surface area (Å²) in [6.45, 7) is 17.3. The Hall–Kier alpha value is -1.45. The molecular formula is C16H28BN3. The smallest absolute Gasteiger partial charge is 0.160 e. The van der Waals surface area contributed by atoms with Gasteiger partial charge in [-0.2, -0.15) is 5.10 Å². The lowest BCUT2D eigenvalue weighted by molar-refractivity contribution is 0.156. The predicted octanol–water partition coefficient (Wildman–Crippen LogP) is 3.43. The molecule has 110 valence electrons. The second-order valence-corrected chi connectivity index (χ2v) is 7.25. The Balaban J connectivity index is 2.76. The van der Waals surface area contributed by atoms with E-state index in [2.05, 4.69) is 52.4 Å². The van der Waals surface area contributed by atoms with E-state index in [1.807, 2.05) is 12.3 Å². The van der Waals surface area contributed by atoms with E-state index in [0.717, 1.165) is 19.3 Å². The van der Waals surface area contributed by atoms with E-state index in [0.29, 0.717) is 11.3 Å². The first kappa shape index (κ1) is 16.6. The van der Waals surface area contributed by atoms with Crippen LogP contribution in [-0.2, 0) is 0 Å². The molecule has 1 rings (SSSR count). The van der Waals surface area contributed by atoms with Gasteiger partial charge in [0.2, 0.25) is 0 Å². The molecule has 0 aliphatic carbocycles. The summed E-state index contributed by atoms with van der Waals surface area (Å²) >= 11 is 0. The topological polar surface area (TPSA) is 41.6 Å². The molecule has 0 aromatic heterocycles. The molecule has 0 saturated heterocycles. The van der Waals surface area contributed by atoms with Crippen LogP contribution in [0.3, 0.4) is 0 Å². The van der Waals surface area contributed by atoms with Gasteiger partial charge in [0.25, 0.3) is 0 Å². The number of allylic oxidation sites excluding steroid dienone is 3. The maximum absolute atomic E-state index is 5.65. The van der Waals surface area contributed by atoms with Gasteiger partial charge in [0, 0.05) is 6.20 Å². The molecule has 0 saturated carbocycles. The average molecular weight is 273 g/mol. The van der Waals surface area contributed by atoms with Gasteiger partial charge in [-0.15, -0.1) is 0 Å². The van der Waals surface area contributed by atoms with Crippen LogP contribution in [0.15, 0.2) is 41.2 Å². The van der Waals surface area contributed by atoms with Gasteiger partial charge in [0.15, 0.2) is 7.28 Å². The summed E-state index contributed by atoms with van der Waals surface area (Å²) in [7, 11) is 1.03. The number of nitrogens with two attached hydrogens (primary N) is 1. The van der Waals surface area contributed by atoms with Crippen LogP contribution in [0.1, 0.15) is 41.5 Å². The molecule has 1 aliphatic heterocycles. The molecule has 3 nitrogen and oxygen atoms in total. The van der Waals surface area contributed by atoms with Gasteiger partial charge in [0.1, 0.15) is 5.84 Å². The Morgan fingerprint density at radius 1 is 1.30 bits per heavy atom. The van der Waals surface area contributed by atoms with Gasteiger partial charge < -0.3 is 5.73 Å². The van der Waals surface area contributed by atoms with Crippen molar-refractivity contribution in [1.82, 2.24) is 5.01 Å². The maximum atomic E-state index is 5.65. The average Bonchev–Trinajstić information content (AvgIpc) is 2.28. The van der Waals surface area contributed by atoms with Gasteiger partial charge in [-0.3, -0.25) is 0 Å². The maximum Gasteiger partial charge on any atom is 0.160 e. The SMILES string of the molecule is C=C1C=CC(BCC(C)(C)C(C)(C)C)=CN1/N=C(\C)N. The molecule has 0 atom stereocenters. The fourth-order valence-corrected chi connectivity index (χ4v) is 1.81. The van der Waals surface area contributed by atoms with Crippen LogP contribution in [0.4, 0.5) is 0 Å². The van der Waals surface area contributed by atoms with Crippen molar-refractivity contribution >= 4 is 13.1 Å². The predicted molar refractivity (Wildman–Crippen MR) is 90.7 cm³/mol. The highest BCUT2D eigenvalue weighted by Crippen LogP contribution is 2.41. The number of rotatable bonds is 4. The highest BCUT2D eigenvalue weighted by Gasteiger charge is 2.32. The van der Waals surface area contributed by atoms with Crippen molar-refractivity contribution in [2.45, 2.75) is 47.9 Å². The number of amidine groups is 1. The molecular weight excluding hydrogens is 245 g/mol. The lowest BCUT2D eigenvalue weighted by Crippen LogP contribution is -2.31. The van der Waals surface area contributed by atoms with Crippen LogP contribution in [0.2, 0.25) is 6.32 Å². The van der Waals surface area contributed by atoms with Crippen molar-refractivity contribution in [3.63, 3.8) is 0 Å². The molecule has 20 heavy (non-hydrogen) atoms. The van der Waals surface area contributed by atoms with Crippen molar-refractivity contribution in [1.29, 1.82) is 0 Å². The second-order valence-electron chi connectivity index (χ2n) is 7.25. The second kappa shape index (κ2) is 5.90. The molecule has 0 spiro atoms. The minimum absolute atomic E-state index is 0.286. The van der Waals surface area contributed by atoms with E-state index in [4.69, 9.17) is 5.73 Å². The van der Waals surface area contributed by atoms with Gasteiger partial charge in [-0.25, -0.2) is 5.01 Å². The van der Waals surface area contributed by atoms with E-state index >= 15 is 0 Å². The minimum Gasteiger partial charge on any atom is -0.386 e. The Kier molecular flexibility index (Phi) is 4.90. The van der Waals surface area contributed by atoms with Crippen molar-refractivity contribution in [3.8, 4) is 0 Å². The van der Waals surface area contributed by atoms with Crippen molar-refractivity contribution in [3.05, 3.63) is 36.1 Å². The van der Waals surface area contributed by atoms with E-state index < -0.39 is 0 Å². The van der Waals surface area contributed by atoms with E-state index in [9.17, 15) is 0 Å². The van der Waals surface area contributed by atoms with E-state index in [1.165, 1.54) is 5.47 Å². The van der Waals surface area contributed by atoms with Crippen molar-refractivity contribution in [2.24, 2.45) is 21.7 Å². The zero-order chi connectivity index (χ0) is 15.6. The summed E-state index contributed by atoms with van der Waals surface area (Å²) < 4.78 is 0. The quantitative estimate of drug-likeness (QED) is 0.484. The molecule has 1 aliphatic rings. The van der Waals surface area contributed by atoms with E-state index in [-0.39, 0.29) is 5.41 Å². The van der Waals surface area contributed by atoms with Crippen LogP contribution in [0.5, 0.6) is 0 Å². The first-order chi connectivity index (χ1) is 9.03. The third-order valence-corrected chi connectivity index (χ3v) is 4.41. The number of hydrogen-bond donors (Lipinski definition) is 1. The Morgan fingerprint density at radius 2 is 1.90 bits per heavy atom. The summed E-state index contributed by atoms with van der Waals surface area (Å²) in [6.07, 6.45) is 7.28. The standard InChI is InChI=1S/C16H28BN3/c1-12-8-9-14(10-20(12)19-13(2)18)17-11-16(6,7)15(3,4)5/h8-10,17H,1,11H2,2-7H3,(H2,18,19). The van der Waals surface area contributed by atoms with Crippen LogP contribution >= 0.6 is 0 Å². The molecule has 0 radical (unpaired) electrons. The molecule has 0 unspecified atom stereocenters. The van der Waals surface area contributed by atoms with Gasteiger partial charge >= 0.3 is 0 Å². The summed E-state index contributed by atoms with van der Waals surface area (Å²) in [5.41, 5.74) is 8.33. The Labute approximate surface area is 124 Å². The van der Waals surface area contributed by atoms with E-state index in [1.54, 1.807) is 11.9 Å². The van der Waals surface area contributed by atoms with Crippen LogP contribution in [-0.4, -0.2) is 18.1 Å². The molecule has 0 aromatic carbocycles. The van der Waals surface area contributed by atoms with Gasteiger partial charge in [-0.1, -0.05) is 59.1 Å². The lowest BCUT2D eigenvalue weighted by Gasteiger charge is -2.39. The minimum atomic E-state index is 0.286. The van der Waals surface area contributed by atoms with Gasteiger partial charge in [0.05, 0.1) is 5.70 Å². The Bertz CT molecular complexity index is 461. The summed E-state index contributed by atoms with van der Waals surface area (Å²) in [6, 6.07) is 0. The number of hydrogen-bond acceptors (Lipinski definition) is 2. The summed E-state index contributed by atoms with van der Waals surface area (Å²) in [5.74, 6) is 0.534. The first-order valence-electron chi connectivity index (χ1n) is 7.20. The van der Waals surface area contributed by atoms with Gasteiger partial charge in [-0.05, 0) is 23.8 Å². The molecule has 0 bridgehead atoms. The first-order valence-corrected chi connectivity index (χ1v) is 7.20. The Morgan fingerprint density at radius 3 is 2.40 bits per heavy atom. The van der Waals surface area contributed by atoms with Crippen molar-refractivity contribution < 1.29 is 0 Å². The highest BCUT2D eigenvalue weighted by molar-refractivity contribution is 6.46. The summed E-state index contributed by atoms with van der Waals surface area (Å²) in [5, 5.41) is 6.02. The molecule has 1 heterocycles. The summed E-state index contributed by atoms with van der Waals surface area (Å²) in [4.78, 5) is 0.